The van der Waals surface area contributed by atoms with Crippen LogP contribution in [0.3, 0.4) is 0 Å². The molecule has 1 N–H and O–H groups in total. The Labute approximate surface area is 123 Å². The molecular formula is C16H23NO2S. The van der Waals surface area contributed by atoms with Crippen LogP contribution in [0.5, 0.6) is 0 Å². The lowest BCUT2D eigenvalue weighted by Crippen LogP contribution is -2.40. The van der Waals surface area contributed by atoms with E-state index in [0.717, 1.165) is 23.8 Å². The summed E-state index contributed by atoms with van der Waals surface area (Å²) in [4.78, 5) is 0. The summed E-state index contributed by atoms with van der Waals surface area (Å²) >= 11 is 0. The third kappa shape index (κ3) is 3.70. The summed E-state index contributed by atoms with van der Waals surface area (Å²) in [6.45, 7) is 8.08. The first-order chi connectivity index (χ1) is 9.40. The zero-order valence-electron chi connectivity index (χ0n) is 12.6. The van der Waals surface area contributed by atoms with Gasteiger partial charge in [0.1, 0.15) is 5.58 Å². The van der Waals surface area contributed by atoms with Gasteiger partial charge in [0.15, 0.2) is 0 Å². The number of rotatable bonds is 5. The minimum absolute atomic E-state index is 0.222. The van der Waals surface area contributed by atoms with Gasteiger partial charge < -0.3 is 4.42 Å². The Kier molecular flexibility index (Phi) is 4.66. The van der Waals surface area contributed by atoms with Crippen LogP contribution in [0.4, 0.5) is 0 Å². The summed E-state index contributed by atoms with van der Waals surface area (Å²) in [6, 6.07) is 8.41. The largest absolute Gasteiger partial charge is 0.464 e. The molecule has 0 aliphatic rings. The molecule has 1 aromatic heterocycles. The van der Waals surface area contributed by atoms with E-state index >= 15 is 0 Å². The third-order valence-corrected chi connectivity index (χ3v) is 4.98. The van der Waals surface area contributed by atoms with Crippen molar-refractivity contribution in [3.63, 3.8) is 0 Å². The zero-order valence-corrected chi connectivity index (χ0v) is 13.4. The fraction of sp³-hybridized carbons (Fsp3) is 0.500. The molecule has 1 unspecified atom stereocenters. The molecular weight excluding hydrogens is 270 g/mol. The van der Waals surface area contributed by atoms with Crippen LogP contribution in [0.2, 0.25) is 0 Å². The second-order valence-corrected chi connectivity index (χ2v) is 8.10. The molecule has 0 bridgehead atoms. The molecule has 0 radical (unpaired) electrons. The summed E-state index contributed by atoms with van der Waals surface area (Å²) in [5.41, 5.74) is 2.15. The maximum atomic E-state index is 12.2. The number of hydrogen-bond acceptors (Lipinski definition) is 2. The van der Waals surface area contributed by atoms with E-state index in [-0.39, 0.29) is 10.8 Å². The number of hydrogen-bond donors (Lipinski definition) is 1. The molecule has 2 aromatic rings. The Bertz CT molecular complexity index is 598. The van der Waals surface area contributed by atoms with Gasteiger partial charge in [-0.15, -0.1) is 0 Å². The highest BCUT2D eigenvalue weighted by Gasteiger charge is 2.22. The summed E-state index contributed by atoms with van der Waals surface area (Å²) in [7, 11) is -1.03. The van der Waals surface area contributed by atoms with Crippen molar-refractivity contribution < 1.29 is 8.63 Å². The summed E-state index contributed by atoms with van der Waals surface area (Å²) in [5, 5.41) is 1.12. The molecule has 2 rings (SSSR count). The Morgan fingerprint density at radius 1 is 1.30 bits per heavy atom. The minimum atomic E-state index is -1.03. The van der Waals surface area contributed by atoms with E-state index in [1.165, 1.54) is 5.56 Å². The van der Waals surface area contributed by atoms with Gasteiger partial charge in [-0.3, -0.25) is 0 Å². The van der Waals surface area contributed by atoms with Crippen LogP contribution in [-0.4, -0.2) is 15.0 Å². The van der Waals surface area contributed by atoms with Crippen molar-refractivity contribution in [3.8, 4) is 0 Å². The molecule has 20 heavy (non-hydrogen) atoms. The molecule has 0 aliphatic carbocycles. The van der Waals surface area contributed by atoms with Crippen LogP contribution >= 0.6 is 0 Å². The highest BCUT2D eigenvalue weighted by atomic mass is 32.2. The van der Waals surface area contributed by atoms with Crippen molar-refractivity contribution in [2.24, 2.45) is 0 Å². The molecule has 110 valence electrons. The van der Waals surface area contributed by atoms with Crippen LogP contribution in [0.1, 0.15) is 39.7 Å². The molecule has 0 spiro atoms. The van der Waals surface area contributed by atoms with Crippen LogP contribution < -0.4 is 4.72 Å². The first-order valence-corrected chi connectivity index (χ1v) is 8.19. The highest BCUT2D eigenvalue weighted by molar-refractivity contribution is 7.84. The average molecular weight is 293 g/mol. The van der Waals surface area contributed by atoms with Gasteiger partial charge in [0.2, 0.25) is 0 Å². The van der Waals surface area contributed by atoms with Gasteiger partial charge in [-0.05, 0) is 57.4 Å². The van der Waals surface area contributed by atoms with E-state index in [0.29, 0.717) is 0 Å². The maximum absolute atomic E-state index is 12.2. The van der Waals surface area contributed by atoms with E-state index in [4.69, 9.17) is 4.42 Å². The van der Waals surface area contributed by atoms with E-state index in [1.807, 2.05) is 32.9 Å². The third-order valence-electron chi connectivity index (χ3n) is 3.32. The van der Waals surface area contributed by atoms with Crippen molar-refractivity contribution >= 4 is 22.0 Å². The summed E-state index contributed by atoms with van der Waals surface area (Å²) in [6.07, 6.45) is 3.53. The van der Waals surface area contributed by atoms with Gasteiger partial charge in [-0.2, -0.15) is 0 Å². The van der Waals surface area contributed by atoms with Crippen molar-refractivity contribution in [2.75, 3.05) is 0 Å². The van der Waals surface area contributed by atoms with Crippen LogP contribution in [-0.2, 0) is 17.4 Å². The summed E-state index contributed by atoms with van der Waals surface area (Å²) < 4.78 is 20.5. The Hall–Kier alpha value is -1.13. The smallest absolute Gasteiger partial charge is 0.133 e. The average Bonchev–Trinajstić information content (AvgIpc) is 2.84. The first kappa shape index (κ1) is 15.3. The summed E-state index contributed by atoms with van der Waals surface area (Å²) in [5.74, 6) is 0. The zero-order chi connectivity index (χ0) is 14.8. The van der Waals surface area contributed by atoms with Crippen molar-refractivity contribution in [1.29, 1.82) is 0 Å². The Morgan fingerprint density at radius 2 is 2.05 bits per heavy atom. The van der Waals surface area contributed by atoms with Crippen molar-refractivity contribution in [1.82, 2.24) is 4.72 Å². The molecule has 0 saturated heterocycles. The van der Waals surface area contributed by atoms with E-state index in [1.54, 1.807) is 6.26 Å². The fourth-order valence-electron chi connectivity index (χ4n) is 2.03. The molecule has 1 heterocycles. The number of benzene rings is 1. The molecule has 0 fully saturated rings. The van der Waals surface area contributed by atoms with Crippen LogP contribution in [0.15, 0.2) is 34.9 Å². The highest BCUT2D eigenvalue weighted by Crippen LogP contribution is 2.19. The van der Waals surface area contributed by atoms with Gasteiger partial charge in [0, 0.05) is 11.4 Å². The van der Waals surface area contributed by atoms with E-state index in [9.17, 15) is 4.21 Å². The van der Waals surface area contributed by atoms with Crippen LogP contribution in [0.25, 0.3) is 11.0 Å². The topological polar surface area (TPSA) is 42.2 Å². The predicted molar refractivity (Wildman–Crippen MR) is 85.0 cm³/mol. The first-order valence-electron chi connectivity index (χ1n) is 7.04. The Balaban J connectivity index is 2.07. The monoisotopic (exact) mass is 293 g/mol. The second-order valence-electron chi connectivity index (χ2n) is 6.10. The quantitative estimate of drug-likeness (QED) is 0.911. The molecule has 1 aromatic carbocycles. The van der Waals surface area contributed by atoms with Crippen LogP contribution in [0, 0.1) is 0 Å². The lowest BCUT2D eigenvalue weighted by Gasteiger charge is -2.23. The molecule has 2 atom stereocenters. The lowest BCUT2D eigenvalue weighted by atomic mass is 10.0. The van der Waals surface area contributed by atoms with E-state index < -0.39 is 11.0 Å². The number of furan rings is 1. The van der Waals surface area contributed by atoms with E-state index in [2.05, 4.69) is 23.8 Å². The predicted octanol–water partition coefficient (Wildman–Crippen LogP) is 3.81. The molecule has 3 nitrogen and oxygen atoms in total. The standard InChI is InChI=1S/C16H23NO2S/c1-5-14(17-20(18)16(2,3)4)11-12-6-7-15-13(10-12)8-9-19-15/h6-10,14,17H,5,11H2,1-4H3/t14-,20?/m0/s1. The maximum Gasteiger partial charge on any atom is 0.133 e. The Morgan fingerprint density at radius 3 is 2.70 bits per heavy atom. The van der Waals surface area contributed by atoms with Gasteiger partial charge >= 0.3 is 0 Å². The molecule has 0 saturated carbocycles. The number of nitrogens with one attached hydrogen (secondary N) is 1. The van der Waals surface area contributed by atoms with Gasteiger partial charge in [-0.1, -0.05) is 13.0 Å². The SMILES string of the molecule is CC[C@@H](Cc1ccc2occc2c1)NS(=O)C(C)(C)C. The molecule has 0 aliphatic heterocycles. The van der Waals surface area contributed by atoms with Gasteiger partial charge in [0.25, 0.3) is 0 Å². The normalized spacial score (nSPS) is 15.4. The lowest BCUT2D eigenvalue weighted by molar-refractivity contribution is 0.567. The minimum Gasteiger partial charge on any atom is -0.464 e. The number of fused-ring (bicyclic) bond motifs is 1. The van der Waals surface area contributed by atoms with Crippen molar-refractivity contribution in [3.05, 3.63) is 36.1 Å². The fourth-order valence-corrected chi connectivity index (χ4v) is 2.93. The second kappa shape index (κ2) is 6.10. The van der Waals surface area contributed by atoms with Gasteiger partial charge in [0.05, 0.1) is 22.0 Å². The van der Waals surface area contributed by atoms with Gasteiger partial charge in [-0.25, -0.2) is 8.93 Å². The molecule has 4 heteroatoms. The molecule has 0 amide bonds. The van der Waals surface area contributed by atoms with Crippen molar-refractivity contribution in [2.45, 2.75) is 51.3 Å².